The molecule has 0 bridgehead atoms. The van der Waals surface area contributed by atoms with E-state index >= 15 is 0 Å². The number of benzene rings is 2. The fraction of sp³-hybridized carbons (Fsp3) is 0.263. The monoisotopic (exact) mass is 296 g/mol. The number of carbonyl (C=O) groups is 2. The van der Waals surface area contributed by atoms with E-state index in [1.807, 2.05) is 43.3 Å². The summed E-state index contributed by atoms with van der Waals surface area (Å²) in [6, 6.07) is 18.4. The topological polar surface area (TPSA) is 43.4 Å². The molecule has 22 heavy (non-hydrogen) atoms. The van der Waals surface area contributed by atoms with Crippen LogP contribution in [0.25, 0.3) is 0 Å². The van der Waals surface area contributed by atoms with E-state index in [4.69, 9.17) is 4.74 Å². The van der Waals surface area contributed by atoms with E-state index < -0.39 is 11.9 Å². The first kappa shape index (κ1) is 16.0. The van der Waals surface area contributed by atoms with E-state index in [1.54, 1.807) is 24.3 Å². The van der Waals surface area contributed by atoms with Gasteiger partial charge in [0.15, 0.2) is 5.78 Å². The minimum atomic E-state index is -0.726. The largest absolute Gasteiger partial charge is 0.460 e. The zero-order valence-corrected chi connectivity index (χ0v) is 12.7. The van der Waals surface area contributed by atoms with Crippen molar-refractivity contribution in [2.24, 2.45) is 5.92 Å². The van der Waals surface area contributed by atoms with Crippen molar-refractivity contribution in [1.29, 1.82) is 0 Å². The van der Waals surface area contributed by atoms with Crippen LogP contribution in [0.4, 0.5) is 0 Å². The highest BCUT2D eigenvalue weighted by atomic mass is 16.5. The third-order valence-electron chi connectivity index (χ3n) is 3.46. The SMILES string of the molecule is CCCC(C(=O)OCc1ccccc1)C(=O)c1ccccc1. The fourth-order valence-electron chi connectivity index (χ4n) is 2.28. The van der Waals surface area contributed by atoms with Crippen molar-refractivity contribution in [3.63, 3.8) is 0 Å². The second kappa shape index (κ2) is 8.13. The van der Waals surface area contributed by atoms with Crippen LogP contribution in [-0.2, 0) is 16.1 Å². The summed E-state index contributed by atoms with van der Waals surface area (Å²) in [6.45, 7) is 2.15. The van der Waals surface area contributed by atoms with Gasteiger partial charge in [0.05, 0.1) is 0 Å². The number of hydrogen-bond acceptors (Lipinski definition) is 3. The molecule has 0 amide bonds. The zero-order valence-electron chi connectivity index (χ0n) is 12.7. The van der Waals surface area contributed by atoms with Crippen molar-refractivity contribution in [2.75, 3.05) is 0 Å². The van der Waals surface area contributed by atoms with Crippen LogP contribution in [0.5, 0.6) is 0 Å². The van der Waals surface area contributed by atoms with E-state index in [-0.39, 0.29) is 12.4 Å². The van der Waals surface area contributed by atoms with Gasteiger partial charge in [-0.2, -0.15) is 0 Å². The van der Waals surface area contributed by atoms with Crippen LogP contribution in [0.1, 0.15) is 35.7 Å². The molecule has 0 saturated carbocycles. The maximum Gasteiger partial charge on any atom is 0.317 e. The summed E-state index contributed by atoms with van der Waals surface area (Å²) in [4.78, 5) is 24.8. The van der Waals surface area contributed by atoms with Crippen molar-refractivity contribution in [1.82, 2.24) is 0 Å². The number of carbonyl (C=O) groups excluding carboxylic acids is 2. The van der Waals surface area contributed by atoms with Gasteiger partial charge in [-0.25, -0.2) is 0 Å². The third kappa shape index (κ3) is 4.29. The normalized spacial score (nSPS) is 11.7. The van der Waals surface area contributed by atoms with E-state index in [0.29, 0.717) is 12.0 Å². The van der Waals surface area contributed by atoms with Gasteiger partial charge in [-0.15, -0.1) is 0 Å². The lowest BCUT2D eigenvalue weighted by atomic mass is 9.93. The van der Waals surface area contributed by atoms with Gasteiger partial charge in [0, 0.05) is 5.56 Å². The molecule has 0 spiro atoms. The van der Waals surface area contributed by atoms with E-state index in [0.717, 1.165) is 12.0 Å². The summed E-state index contributed by atoms with van der Waals surface area (Å²) in [5, 5.41) is 0. The van der Waals surface area contributed by atoms with Crippen LogP contribution in [0.2, 0.25) is 0 Å². The van der Waals surface area contributed by atoms with Crippen molar-refractivity contribution >= 4 is 11.8 Å². The lowest BCUT2D eigenvalue weighted by Crippen LogP contribution is -2.26. The van der Waals surface area contributed by atoms with Crippen LogP contribution in [0, 0.1) is 5.92 Å². The molecule has 3 nitrogen and oxygen atoms in total. The van der Waals surface area contributed by atoms with Gasteiger partial charge >= 0.3 is 5.97 Å². The Hall–Kier alpha value is -2.42. The molecule has 0 heterocycles. The predicted octanol–water partition coefficient (Wildman–Crippen LogP) is 4.03. The number of ether oxygens (including phenoxy) is 1. The number of Topliss-reactive ketones (excluding diaryl/α,β-unsaturated/α-hetero) is 1. The average Bonchev–Trinajstić information content (AvgIpc) is 2.58. The maximum absolute atomic E-state index is 12.5. The Bertz CT molecular complexity index is 605. The number of ketones is 1. The van der Waals surface area contributed by atoms with Gasteiger partial charge in [-0.1, -0.05) is 74.0 Å². The second-order valence-corrected chi connectivity index (χ2v) is 5.16. The van der Waals surface area contributed by atoms with Crippen molar-refractivity contribution in [3.05, 3.63) is 71.8 Å². The predicted molar refractivity (Wildman–Crippen MR) is 85.4 cm³/mol. The molecule has 114 valence electrons. The van der Waals surface area contributed by atoms with Gasteiger partial charge < -0.3 is 4.74 Å². The standard InChI is InChI=1S/C19H20O3/c1-2-9-17(18(20)16-12-7-4-8-13-16)19(21)22-14-15-10-5-3-6-11-15/h3-8,10-13,17H,2,9,14H2,1H3. The molecule has 1 atom stereocenters. The van der Waals surface area contributed by atoms with Crippen LogP contribution >= 0.6 is 0 Å². The van der Waals surface area contributed by atoms with Gasteiger partial charge in [-0.05, 0) is 12.0 Å². The Morgan fingerprint density at radius 3 is 2.14 bits per heavy atom. The van der Waals surface area contributed by atoms with Crippen LogP contribution in [-0.4, -0.2) is 11.8 Å². The quantitative estimate of drug-likeness (QED) is 0.440. The smallest absolute Gasteiger partial charge is 0.317 e. The second-order valence-electron chi connectivity index (χ2n) is 5.16. The number of esters is 1. The molecule has 0 radical (unpaired) electrons. The number of rotatable bonds is 7. The Labute approximate surface area is 130 Å². The molecule has 0 aliphatic heterocycles. The number of hydrogen-bond donors (Lipinski definition) is 0. The fourth-order valence-corrected chi connectivity index (χ4v) is 2.28. The molecular weight excluding hydrogens is 276 g/mol. The molecule has 0 saturated heterocycles. The molecule has 0 aliphatic carbocycles. The first-order valence-corrected chi connectivity index (χ1v) is 7.52. The van der Waals surface area contributed by atoms with Crippen LogP contribution in [0.15, 0.2) is 60.7 Å². The highest BCUT2D eigenvalue weighted by Crippen LogP contribution is 2.17. The van der Waals surface area contributed by atoms with E-state index in [1.165, 1.54) is 0 Å². The van der Waals surface area contributed by atoms with E-state index in [9.17, 15) is 9.59 Å². The molecule has 2 aromatic carbocycles. The Morgan fingerprint density at radius 1 is 0.955 bits per heavy atom. The molecule has 3 heteroatoms. The molecule has 0 fully saturated rings. The maximum atomic E-state index is 12.5. The van der Waals surface area contributed by atoms with E-state index in [2.05, 4.69) is 0 Å². The van der Waals surface area contributed by atoms with Crippen molar-refractivity contribution in [2.45, 2.75) is 26.4 Å². The molecule has 1 unspecified atom stereocenters. The third-order valence-corrected chi connectivity index (χ3v) is 3.46. The summed E-state index contributed by atoms with van der Waals surface area (Å²) < 4.78 is 5.33. The summed E-state index contributed by atoms with van der Waals surface area (Å²) in [5.74, 6) is -1.34. The lowest BCUT2D eigenvalue weighted by Gasteiger charge is -2.14. The van der Waals surface area contributed by atoms with Gasteiger partial charge in [0.25, 0.3) is 0 Å². The van der Waals surface area contributed by atoms with Crippen molar-refractivity contribution < 1.29 is 14.3 Å². The minimum Gasteiger partial charge on any atom is -0.460 e. The first-order valence-electron chi connectivity index (χ1n) is 7.52. The molecule has 0 N–H and O–H groups in total. The highest BCUT2D eigenvalue weighted by Gasteiger charge is 2.28. The molecule has 2 rings (SSSR count). The Balaban J connectivity index is 2.03. The van der Waals surface area contributed by atoms with Crippen molar-refractivity contribution in [3.8, 4) is 0 Å². The molecule has 2 aromatic rings. The minimum absolute atomic E-state index is 0.166. The first-order chi connectivity index (χ1) is 10.7. The van der Waals surface area contributed by atoms with Gasteiger partial charge in [-0.3, -0.25) is 9.59 Å². The zero-order chi connectivity index (χ0) is 15.8. The summed E-state index contributed by atoms with van der Waals surface area (Å²) in [6.07, 6.45) is 1.25. The van der Waals surface area contributed by atoms with Gasteiger partial charge in [0.1, 0.15) is 12.5 Å². The van der Waals surface area contributed by atoms with Crippen LogP contribution < -0.4 is 0 Å². The summed E-state index contributed by atoms with van der Waals surface area (Å²) >= 11 is 0. The van der Waals surface area contributed by atoms with Gasteiger partial charge in [0.2, 0.25) is 0 Å². The lowest BCUT2D eigenvalue weighted by molar-refractivity contribution is -0.148. The Morgan fingerprint density at radius 2 is 1.55 bits per heavy atom. The summed E-state index contributed by atoms with van der Waals surface area (Å²) in [7, 11) is 0. The summed E-state index contributed by atoms with van der Waals surface area (Å²) in [5.41, 5.74) is 1.47. The molecular formula is C19H20O3. The average molecular weight is 296 g/mol. The van der Waals surface area contributed by atoms with Crippen LogP contribution in [0.3, 0.4) is 0 Å². The molecule has 0 aliphatic rings. The highest BCUT2D eigenvalue weighted by molar-refractivity contribution is 6.08. The Kier molecular flexibility index (Phi) is 5.90. The molecule has 0 aromatic heterocycles.